The summed E-state index contributed by atoms with van der Waals surface area (Å²) in [6, 6.07) is 8.15. The molecular weight excluding hydrogens is 324 g/mol. The quantitative estimate of drug-likeness (QED) is 0.655. The number of carbonyl (C=O) groups is 1. The topological polar surface area (TPSA) is 56.0 Å². The Bertz CT molecular complexity index is 936. The molecular formula is C22H24N2O2. The molecule has 1 aliphatic rings. The summed E-state index contributed by atoms with van der Waals surface area (Å²) in [4.78, 5) is 21.3. The van der Waals surface area contributed by atoms with Crippen LogP contribution in [0.25, 0.3) is 22.1 Å². The highest BCUT2D eigenvalue weighted by molar-refractivity contribution is 5.88. The van der Waals surface area contributed by atoms with Crippen molar-refractivity contribution in [3.05, 3.63) is 48.2 Å². The zero-order valence-electron chi connectivity index (χ0n) is 15.4. The predicted octanol–water partition coefficient (Wildman–Crippen LogP) is 5.14. The number of aryl methyl sites for hydroxylation is 1. The Morgan fingerprint density at radius 2 is 1.88 bits per heavy atom. The van der Waals surface area contributed by atoms with Crippen LogP contribution in [-0.2, 0) is 11.2 Å². The number of oxazole rings is 1. The van der Waals surface area contributed by atoms with E-state index in [1.807, 2.05) is 31.3 Å². The van der Waals surface area contributed by atoms with Gasteiger partial charge in [-0.05, 0) is 36.3 Å². The third kappa shape index (κ3) is 3.55. The molecule has 0 amide bonds. The summed E-state index contributed by atoms with van der Waals surface area (Å²) >= 11 is 0. The molecule has 2 heterocycles. The molecule has 3 aromatic rings. The van der Waals surface area contributed by atoms with Crippen molar-refractivity contribution in [1.29, 1.82) is 0 Å². The number of ketones is 1. The number of rotatable bonds is 4. The molecule has 0 aliphatic heterocycles. The number of hydrogen-bond acceptors (Lipinski definition) is 4. The van der Waals surface area contributed by atoms with Crippen molar-refractivity contribution in [2.45, 2.75) is 46.0 Å². The molecule has 0 N–H and O–H groups in total. The van der Waals surface area contributed by atoms with Crippen molar-refractivity contribution >= 4 is 16.6 Å². The van der Waals surface area contributed by atoms with Crippen LogP contribution in [0.15, 0.2) is 41.1 Å². The predicted molar refractivity (Wildman–Crippen MR) is 102 cm³/mol. The molecule has 1 aliphatic carbocycles. The molecule has 26 heavy (non-hydrogen) atoms. The Kier molecular flexibility index (Phi) is 4.58. The van der Waals surface area contributed by atoms with Gasteiger partial charge >= 0.3 is 0 Å². The van der Waals surface area contributed by atoms with E-state index < -0.39 is 0 Å². The van der Waals surface area contributed by atoms with Gasteiger partial charge in [0.15, 0.2) is 11.7 Å². The van der Waals surface area contributed by atoms with Crippen LogP contribution in [0.3, 0.4) is 0 Å². The normalized spacial score (nSPS) is 20.4. The summed E-state index contributed by atoms with van der Waals surface area (Å²) in [5, 5.41) is 2.14. The van der Waals surface area contributed by atoms with E-state index in [9.17, 15) is 4.79 Å². The van der Waals surface area contributed by atoms with Crippen molar-refractivity contribution < 1.29 is 9.21 Å². The average Bonchev–Trinajstić information content (AvgIpc) is 3.08. The zero-order valence-corrected chi connectivity index (χ0v) is 15.4. The summed E-state index contributed by atoms with van der Waals surface area (Å²) in [5.74, 6) is 2.73. The SMILES string of the molecule is Cc1ncc(-c2ccc3cnc(CC(=O)C4CCC(C)CC4)cc3c2)o1. The largest absolute Gasteiger partial charge is 0.441 e. The summed E-state index contributed by atoms with van der Waals surface area (Å²) < 4.78 is 5.62. The number of Topliss-reactive ketones (excluding diaryl/α,β-unsaturated/α-hetero) is 1. The number of pyridine rings is 1. The first kappa shape index (κ1) is 17.0. The van der Waals surface area contributed by atoms with E-state index in [2.05, 4.69) is 23.0 Å². The van der Waals surface area contributed by atoms with Crippen LogP contribution in [-0.4, -0.2) is 15.8 Å². The van der Waals surface area contributed by atoms with Crippen LogP contribution >= 0.6 is 0 Å². The van der Waals surface area contributed by atoms with E-state index in [0.29, 0.717) is 18.1 Å². The fourth-order valence-corrected chi connectivity index (χ4v) is 3.84. The van der Waals surface area contributed by atoms with Gasteiger partial charge in [0.05, 0.1) is 6.20 Å². The van der Waals surface area contributed by atoms with Gasteiger partial charge in [0.1, 0.15) is 5.78 Å². The number of fused-ring (bicyclic) bond motifs is 1. The molecule has 0 atom stereocenters. The highest BCUT2D eigenvalue weighted by Gasteiger charge is 2.24. The van der Waals surface area contributed by atoms with Crippen LogP contribution in [0.1, 0.15) is 44.2 Å². The lowest BCUT2D eigenvalue weighted by Gasteiger charge is -2.24. The Labute approximate surface area is 153 Å². The van der Waals surface area contributed by atoms with Gasteiger partial charge in [0.25, 0.3) is 0 Å². The van der Waals surface area contributed by atoms with Crippen LogP contribution < -0.4 is 0 Å². The first-order valence-corrected chi connectivity index (χ1v) is 9.42. The molecule has 0 radical (unpaired) electrons. The lowest BCUT2D eigenvalue weighted by molar-refractivity contribution is -0.123. The molecule has 4 rings (SSSR count). The third-order valence-corrected chi connectivity index (χ3v) is 5.51. The highest BCUT2D eigenvalue weighted by Crippen LogP contribution is 2.30. The fourth-order valence-electron chi connectivity index (χ4n) is 3.84. The van der Waals surface area contributed by atoms with E-state index in [1.54, 1.807) is 6.20 Å². The van der Waals surface area contributed by atoms with E-state index in [1.165, 1.54) is 12.8 Å². The first-order chi connectivity index (χ1) is 12.6. The van der Waals surface area contributed by atoms with E-state index in [4.69, 9.17) is 4.42 Å². The first-order valence-electron chi connectivity index (χ1n) is 9.42. The van der Waals surface area contributed by atoms with Crippen molar-refractivity contribution in [2.75, 3.05) is 0 Å². The summed E-state index contributed by atoms with van der Waals surface area (Å²) in [6.07, 6.45) is 8.43. The van der Waals surface area contributed by atoms with Crippen molar-refractivity contribution in [3.8, 4) is 11.3 Å². The van der Waals surface area contributed by atoms with E-state index in [-0.39, 0.29) is 5.92 Å². The molecule has 2 aromatic heterocycles. The van der Waals surface area contributed by atoms with Crippen LogP contribution in [0.2, 0.25) is 0 Å². The summed E-state index contributed by atoms with van der Waals surface area (Å²) in [5.41, 5.74) is 1.84. The van der Waals surface area contributed by atoms with Crippen molar-refractivity contribution in [2.24, 2.45) is 11.8 Å². The number of hydrogen-bond donors (Lipinski definition) is 0. The van der Waals surface area contributed by atoms with Gasteiger partial charge in [-0.2, -0.15) is 0 Å². The van der Waals surface area contributed by atoms with Gasteiger partial charge < -0.3 is 4.42 Å². The fraction of sp³-hybridized carbons (Fsp3) is 0.409. The second-order valence-electron chi connectivity index (χ2n) is 7.58. The summed E-state index contributed by atoms with van der Waals surface area (Å²) in [6.45, 7) is 4.11. The van der Waals surface area contributed by atoms with Gasteiger partial charge in [-0.1, -0.05) is 31.9 Å². The number of benzene rings is 1. The van der Waals surface area contributed by atoms with Crippen molar-refractivity contribution in [3.63, 3.8) is 0 Å². The van der Waals surface area contributed by atoms with E-state index in [0.717, 1.165) is 46.5 Å². The minimum absolute atomic E-state index is 0.215. The molecule has 1 saturated carbocycles. The number of carbonyl (C=O) groups excluding carboxylic acids is 1. The maximum atomic E-state index is 12.6. The Hall–Kier alpha value is -2.49. The second-order valence-corrected chi connectivity index (χ2v) is 7.58. The zero-order chi connectivity index (χ0) is 18.1. The monoisotopic (exact) mass is 348 g/mol. The lowest BCUT2D eigenvalue weighted by Crippen LogP contribution is -2.22. The lowest BCUT2D eigenvalue weighted by atomic mass is 9.80. The Balaban J connectivity index is 1.55. The minimum Gasteiger partial charge on any atom is -0.441 e. The Morgan fingerprint density at radius 1 is 1.08 bits per heavy atom. The number of nitrogens with zero attached hydrogens (tertiary/aromatic N) is 2. The standard InChI is InChI=1S/C22H24N2O2/c1-14-3-5-16(6-4-14)21(25)11-20-10-19-9-17(7-8-18(19)12-24-20)22-13-23-15(2)26-22/h7-10,12-14,16H,3-6,11H2,1-2H3. The smallest absolute Gasteiger partial charge is 0.191 e. The van der Waals surface area contributed by atoms with Gasteiger partial charge in [-0.3, -0.25) is 9.78 Å². The van der Waals surface area contributed by atoms with Crippen LogP contribution in [0, 0.1) is 18.8 Å². The molecule has 4 nitrogen and oxygen atoms in total. The maximum Gasteiger partial charge on any atom is 0.191 e. The molecule has 1 aromatic carbocycles. The van der Waals surface area contributed by atoms with Crippen molar-refractivity contribution in [1.82, 2.24) is 9.97 Å². The molecule has 134 valence electrons. The van der Waals surface area contributed by atoms with Gasteiger partial charge in [-0.15, -0.1) is 0 Å². The van der Waals surface area contributed by atoms with Gasteiger partial charge in [0, 0.05) is 42.1 Å². The molecule has 1 fully saturated rings. The number of aromatic nitrogens is 2. The second kappa shape index (κ2) is 7.02. The molecule has 0 bridgehead atoms. The molecule has 0 spiro atoms. The minimum atomic E-state index is 0.215. The Morgan fingerprint density at radius 3 is 2.62 bits per heavy atom. The third-order valence-electron chi connectivity index (χ3n) is 5.51. The van der Waals surface area contributed by atoms with Crippen LogP contribution in [0.5, 0.6) is 0 Å². The van der Waals surface area contributed by atoms with Crippen LogP contribution in [0.4, 0.5) is 0 Å². The molecule has 0 saturated heterocycles. The average molecular weight is 348 g/mol. The highest BCUT2D eigenvalue weighted by atomic mass is 16.4. The maximum absolute atomic E-state index is 12.6. The van der Waals surface area contributed by atoms with E-state index >= 15 is 0 Å². The molecule has 4 heteroatoms. The summed E-state index contributed by atoms with van der Waals surface area (Å²) in [7, 11) is 0. The van der Waals surface area contributed by atoms with Gasteiger partial charge in [-0.25, -0.2) is 4.98 Å². The molecule has 0 unspecified atom stereocenters. The van der Waals surface area contributed by atoms with Gasteiger partial charge in [0.2, 0.25) is 0 Å².